The highest BCUT2D eigenvalue weighted by atomic mass is 28.4. The number of hydrogen-bond donors (Lipinski definition) is 1. The van der Waals surface area contributed by atoms with E-state index in [0.29, 0.717) is 0 Å². The Balaban J connectivity index is 1.63. The number of ether oxygens (including phenoxy) is 1. The van der Waals surface area contributed by atoms with Crippen molar-refractivity contribution in [2.75, 3.05) is 13.2 Å². The normalized spacial score (nSPS) is 14.8. The zero-order valence-corrected chi connectivity index (χ0v) is 19.7. The van der Waals surface area contributed by atoms with Crippen molar-refractivity contribution in [3.05, 3.63) is 59.7 Å². The molecule has 0 spiro atoms. The van der Waals surface area contributed by atoms with Gasteiger partial charge in [0.05, 0.1) is 6.61 Å². The molecule has 2 aromatic carbocycles. The summed E-state index contributed by atoms with van der Waals surface area (Å²) < 4.78 is 38.3. The second-order valence-electron chi connectivity index (χ2n) is 9.48. The first-order chi connectivity index (χ1) is 14.5. The lowest BCUT2D eigenvalue weighted by Crippen LogP contribution is -2.49. The number of halogens is 2. The van der Waals surface area contributed by atoms with Gasteiger partial charge in [0, 0.05) is 5.92 Å². The third-order valence-electron chi connectivity index (χ3n) is 6.38. The molecule has 0 aliphatic heterocycles. The molecule has 1 atom stereocenters. The van der Waals surface area contributed by atoms with E-state index in [0.717, 1.165) is 22.3 Å². The summed E-state index contributed by atoms with van der Waals surface area (Å²) in [5, 5.41) is 2.19. The van der Waals surface area contributed by atoms with Gasteiger partial charge < -0.3 is 14.5 Å². The van der Waals surface area contributed by atoms with Crippen LogP contribution >= 0.6 is 0 Å². The molecule has 0 fully saturated rings. The van der Waals surface area contributed by atoms with Crippen LogP contribution in [0, 0.1) is 0 Å². The lowest BCUT2D eigenvalue weighted by molar-refractivity contribution is 0.0601. The average Bonchev–Trinajstić information content (AvgIpc) is 3.02. The molecule has 1 amide bonds. The van der Waals surface area contributed by atoms with Crippen LogP contribution < -0.4 is 5.32 Å². The number of alkyl halides is 2. The molecule has 0 unspecified atom stereocenters. The minimum atomic E-state index is -2.75. The maximum Gasteiger partial charge on any atom is 0.407 e. The van der Waals surface area contributed by atoms with Crippen molar-refractivity contribution >= 4 is 14.4 Å². The molecule has 0 heterocycles. The predicted octanol–water partition coefficient (Wildman–Crippen LogP) is 6.18. The smallest absolute Gasteiger partial charge is 0.407 e. The van der Waals surface area contributed by atoms with Crippen LogP contribution in [0.4, 0.5) is 13.6 Å². The van der Waals surface area contributed by atoms with Crippen molar-refractivity contribution in [2.45, 2.75) is 57.3 Å². The SMILES string of the molecule is CC(C)(C)[Si](C)(C)OC[C@@H](NC(=O)OCC1c2ccccc2-c2ccccc21)C(F)F. The van der Waals surface area contributed by atoms with E-state index >= 15 is 0 Å². The van der Waals surface area contributed by atoms with E-state index in [1.54, 1.807) is 0 Å². The van der Waals surface area contributed by atoms with Crippen LogP contribution in [0.3, 0.4) is 0 Å². The van der Waals surface area contributed by atoms with Gasteiger partial charge in [-0.15, -0.1) is 0 Å². The van der Waals surface area contributed by atoms with Gasteiger partial charge in [0.1, 0.15) is 12.6 Å². The number of fused-ring (bicyclic) bond motifs is 3. The first kappa shape index (κ1) is 23.4. The molecule has 3 rings (SSSR count). The van der Waals surface area contributed by atoms with Crippen LogP contribution in [-0.4, -0.2) is 40.1 Å². The number of rotatable bonds is 7. The van der Waals surface area contributed by atoms with Crippen molar-refractivity contribution in [2.24, 2.45) is 0 Å². The zero-order valence-electron chi connectivity index (χ0n) is 18.7. The van der Waals surface area contributed by atoms with Gasteiger partial charge in [0.25, 0.3) is 6.43 Å². The molecule has 1 N–H and O–H groups in total. The molecule has 1 aliphatic carbocycles. The molecular formula is C24H31F2NO3Si. The van der Waals surface area contributed by atoms with Crippen LogP contribution in [0.2, 0.25) is 18.1 Å². The summed E-state index contributed by atoms with van der Waals surface area (Å²) in [6.07, 6.45) is -3.60. The van der Waals surface area contributed by atoms with E-state index in [9.17, 15) is 13.6 Å². The topological polar surface area (TPSA) is 47.6 Å². The highest BCUT2D eigenvalue weighted by Gasteiger charge is 2.39. The van der Waals surface area contributed by atoms with E-state index in [1.807, 2.05) is 82.4 Å². The van der Waals surface area contributed by atoms with Gasteiger partial charge in [-0.3, -0.25) is 0 Å². The molecule has 1 aliphatic rings. The van der Waals surface area contributed by atoms with Crippen LogP contribution in [0.15, 0.2) is 48.5 Å². The molecular weight excluding hydrogens is 416 g/mol. The Morgan fingerprint density at radius 3 is 2.03 bits per heavy atom. The largest absolute Gasteiger partial charge is 0.449 e. The summed E-state index contributed by atoms with van der Waals surface area (Å²) in [7, 11) is -2.21. The number of alkyl carbamates (subject to hydrolysis) is 1. The molecule has 2 aromatic rings. The summed E-state index contributed by atoms with van der Waals surface area (Å²) in [6, 6.07) is 14.5. The second-order valence-corrected chi connectivity index (χ2v) is 14.3. The first-order valence-electron chi connectivity index (χ1n) is 10.5. The number of amides is 1. The van der Waals surface area contributed by atoms with Gasteiger partial charge in [-0.05, 0) is 40.4 Å². The summed E-state index contributed by atoms with van der Waals surface area (Å²) in [5.41, 5.74) is 4.37. The molecule has 0 bridgehead atoms. The predicted molar refractivity (Wildman–Crippen MR) is 121 cm³/mol. The van der Waals surface area contributed by atoms with Gasteiger partial charge in [-0.2, -0.15) is 0 Å². The van der Waals surface area contributed by atoms with Gasteiger partial charge >= 0.3 is 6.09 Å². The van der Waals surface area contributed by atoms with Crippen molar-refractivity contribution < 1.29 is 22.7 Å². The fraction of sp³-hybridized carbons (Fsp3) is 0.458. The molecule has 31 heavy (non-hydrogen) atoms. The zero-order chi connectivity index (χ0) is 22.8. The van der Waals surface area contributed by atoms with Crippen LogP contribution in [0.25, 0.3) is 11.1 Å². The Bertz CT molecular complexity index is 882. The lowest BCUT2D eigenvalue weighted by atomic mass is 9.98. The Hall–Kier alpha value is -2.25. The fourth-order valence-electron chi connectivity index (χ4n) is 3.48. The molecule has 7 heteroatoms. The average molecular weight is 448 g/mol. The minimum Gasteiger partial charge on any atom is -0.449 e. The highest BCUT2D eigenvalue weighted by molar-refractivity contribution is 6.74. The fourth-order valence-corrected chi connectivity index (χ4v) is 4.51. The van der Waals surface area contributed by atoms with Crippen molar-refractivity contribution in [3.63, 3.8) is 0 Å². The van der Waals surface area contributed by atoms with Crippen molar-refractivity contribution in [1.29, 1.82) is 0 Å². The van der Waals surface area contributed by atoms with Crippen LogP contribution in [-0.2, 0) is 9.16 Å². The van der Waals surface area contributed by atoms with Crippen LogP contribution in [0.1, 0.15) is 37.8 Å². The Labute approximate surface area is 184 Å². The Kier molecular flexibility index (Phi) is 6.86. The van der Waals surface area contributed by atoms with Crippen molar-refractivity contribution in [3.8, 4) is 11.1 Å². The molecule has 0 saturated carbocycles. The molecule has 168 valence electrons. The summed E-state index contributed by atoms with van der Waals surface area (Å²) in [4.78, 5) is 12.3. The van der Waals surface area contributed by atoms with Gasteiger partial charge in [0.2, 0.25) is 0 Å². The van der Waals surface area contributed by atoms with Crippen LogP contribution in [0.5, 0.6) is 0 Å². The maximum absolute atomic E-state index is 13.5. The van der Waals surface area contributed by atoms with E-state index in [-0.39, 0.29) is 24.2 Å². The number of carbonyl (C=O) groups is 1. The van der Waals surface area contributed by atoms with E-state index in [1.165, 1.54) is 0 Å². The third kappa shape index (κ3) is 5.15. The molecule has 4 nitrogen and oxygen atoms in total. The molecule has 0 saturated heterocycles. The van der Waals surface area contributed by atoms with Gasteiger partial charge in [-0.1, -0.05) is 69.3 Å². The van der Waals surface area contributed by atoms with E-state index in [2.05, 4.69) is 5.32 Å². The van der Waals surface area contributed by atoms with Gasteiger partial charge in [0.15, 0.2) is 8.32 Å². The van der Waals surface area contributed by atoms with Crippen molar-refractivity contribution in [1.82, 2.24) is 5.32 Å². The lowest BCUT2D eigenvalue weighted by Gasteiger charge is -2.37. The molecule has 0 aromatic heterocycles. The Morgan fingerprint density at radius 1 is 1.03 bits per heavy atom. The highest BCUT2D eigenvalue weighted by Crippen LogP contribution is 2.44. The number of carbonyl (C=O) groups excluding carboxylic acids is 1. The second kappa shape index (κ2) is 9.08. The number of nitrogens with one attached hydrogen (secondary N) is 1. The van der Waals surface area contributed by atoms with E-state index in [4.69, 9.17) is 9.16 Å². The maximum atomic E-state index is 13.5. The number of benzene rings is 2. The van der Waals surface area contributed by atoms with Gasteiger partial charge in [-0.25, -0.2) is 13.6 Å². The third-order valence-corrected chi connectivity index (χ3v) is 10.9. The minimum absolute atomic E-state index is 0.0823. The summed E-state index contributed by atoms with van der Waals surface area (Å²) in [6.45, 7) is 9.93. The first-order valence-corrected chi connectivity index (χ1v) is 13.5. The Morgan fingerprint density at radius 2 is 1.55 bits per heavy atom. The molecule has 0 radical (unpaired) electrons. The monoisotopic (exact) mass is 447 g/mol. The standard InChI is InChI=1S/C24H31F2NO3Si/c1-24(2,3)31(4,5)30-15-21(22(25)26)27-23(28)29-14-20-18-12-8-6-10-16(18)17-11-7-9-13-19(17)20/h6-13,20-22H,14-15H2,1-5H3,(H,27,28)/t21-/m1/s1. The number of hydrogen-bond acceptors (Lipinski definition) is 3. The summed E-state index contributed by atoms with van der Waals surface area (Å²) >= 11 is 0. The quantitative estimate of drug-likeness (QED) is 0.516. The summed E-state index contributed by atoms with van der Waals surface area (Å²) in [5.74, 6) is -0.119. The van der Waals surface area contributed by atoms with E-state index < -0.39 is 26.9 Å².